The van der Waals surface area contributed by atoms with E-state index in [2.05, 4.69) is 0 Å². The summed E-state index contributed by atoms with van der Waals surface area (Å²) < 4.78 is 7.41. The van der Waals surface area contributed by atoms with Crippen molar-refractivity contribution in [1.82, 2.24) is 14.0 Å². The van der Waals surface area contributed by atoms with Gasteiger partial charge in [0.1, 0.15) is 11.4 Å². The molecular formula is C13H20N4O4. The first kappa shape index (κ1) is 15.5. The van der Waals surface area contributed by atoms with E-state index in [-0.39, 0.29) is 29.8 Å². The fraction of sp³-hybridized carbons (Fsp3) is 0.615. The van der Waals surface area contributed by atoms with Crippen LogP contribution in [-0.2, 0) is 18.8 Å². The Morgan fingerprint density at radius 2 is 2.00 bits per heavy atom. The number of nitrogens with two attached hydrogens (primary N) is 1. The molecule has 1 fully saturated rings. The molecule has 2 rings (SSSR count). The van der Waals surface area contributed by atoms with Crippen LogP contribution in [0.3, 0.4) is 0 Å². The fourth-order valence-corrected chi connectivity index (χ4v) is 2.44. The topological polar surface area (TPSA) is 99.6 Å². The molecule has 8 nitrogen and oxygen atoms in total. The van der Waals surface area contributed by atoms with E-state index in [4.69, 9.17) is 10.5 Å². The van der Waals surface area contributed by atoms with Crippen LogP contribution in [0.5, 0.6) is 0 Å². The third-order valence-electron chi connectivity index (χ3n) is 3.68. The average Bonchev–Trinajstić information content (AvgIpc) is 2.43. The summed E-state index contributed by atoms with van der Waals surface area (Å²) in [5, 5.41) is 0. The predicted octanol–water partition coefficient (Wildman–Crippen LogP) is -1.43. The number of Topliss-reactive ketones (excluding diaryl/α,β-unsaturated/α-hetero) is 1. The van der Waals surface area contributed by atoms with Crippen molar-refractivity contribution >= 4 is 11.6 Å². The number of anilines is 1. The number of ketones is 1. The number of rotatable bonds is 3. The highest BCUT2D eigenvalue weighted by molar-refractivity contribution is 6.01. The Labute approximate surface area is 121 Å². The number of nitrogen functional groups attached to an aromatic ring is 1. The molecule has 1 aliphatic rings. The van der Waals surface area contributed by atoms with E-state index in [9.17, 15) is 14.4 Å². The van der Waals surface area contributed by atoms with Gasteiger partial charge in [-0.2, -0.15) is 0 Å². The van der Waals surface area contributed by atoms with Crippen molar-refractivity contribution in [3.05, 3.63) is 26.4 Å². The summed E-state index contributed by atoms with van der Waals surface area (Å²) in [4.78, 5) is 38.1. The summed E-state index contributed by atoms with van der Waals surface area (Å²) in [6.45, 7) is 3.82. The zero-order valence-electron chi connectivity index (χ0n) is 12.5. The van der Waals surface area contributed by atoms with E-state index in [0.29, 0.717) is 19.7 Å². The van der Waals surface area contributed by atoms with Crippen molar-refractivity contribution in [2.45, 2.75) is 13.0 Å². The van der Waals surface area contributed by atoms with E-state index in [1.165, 1.54) is 14.1 Å². The molecule has 0 aliphatic carbocycles. The number of aromatic nitrogens is 2. The maximum absolute atomic E-state index is 12.4. The maximum Gasteiger partial charge on any atom is 0.332 e. The maximum atomic E-state index is 12.4. The average molecular weight is 296 g/mol. The van der Waals surface area contributed by atoms with Gasteiger partial charge in [-0.1, -0.05) is 0 Å². The van der Waals surface area contributed by atoms with Crippen LogP contribution in [0.1, 0.15) is 17.3 Å². The van der Waals surface area contributed by atoms with Crippen LogP contribution in [-0.4, -0.2) is 52.2 Å². The lowest BCUT2D eigenvalue weighted by Gasteiger charge is -2.30. The van der Waals surface area contributed by atoms with Crippen LogP contribution < -0.4 is 17.0 Å². The minimum atomic E-state index is -0.651. The number of hydrogen-bond acceptors (Lipinski definition) is 6. The summed E-state index contributed by atoms with van der Waals surface area (Å²) >= 11 is 0. The van der Waals surface area contributed by atoms with Crippen molar-refractivity contribution in [2.75, 3.05) is 32.0 Å². The second kappa shape index (κ2) is 5.82. The highest BCUT2D eigenvalue weighted by atomic mass is 16.5. The highest BCUT2D eigenvalue weighted by Gasteiger charge is 2.24. The first-order valence-corrected chi connectivity index (χ1v) is 6.75. The van der Waals surface area contributed by atoms with E-state index < -0.39 is 11.2 Å². The summed E-state index contributed by atoms with van der Waals surface area (Å²) in [7, 11) is 2.77. The molecule has 1 aromatic rings. The molecule has 116 valence electrons. The van der Waals surface area contributed by atoms with Crippen molar-refractivity contribution < 1.29 is 9.53 Å². The van der Waals surface area contributed by atoms with Gasteiger partial charge in [0.05, 0.1) is 19.3 Å². The van der Waals surface area contributed by atoms with E-state index in [0.717, 1.165) is 9.13 Å². The lowest BCUT2D eigenvalue weighted by molar-refractivity contribution is -0.0158. The fourth-order valence-electron chi connectivity index (χ4n) is 2.44. The number of ether oxygens (including phenoxy) is 1. The standard InChI is InChI=1S/C13H20N4O4/c1-8-6-17(4-5-21-8)7-9(18)10-11(14)15(2)13(20)16(3)12(10)19/h8H,4-7,14H2,1-3H3/t8-/m0/s1. The molecule has 21 heavy (non-hydrogen) atoms. The molecular weight excluding hydrogens is 276 g/mol. The minimum absolute atomic E-state index is 0.0480. The molecule has 2 heterocycles. The van der Waals surface area contributed by atoms with Gasteiger partial charge in [0.2, 0.25) is 0 Å². The Bertz CT molecular complexity index is 676. The second-order valence-electron chi connectivity index (χ2n) is 5.31. The number of carbonyl (C=O) groups is 1. The zero-order chi connectivity index (χ0) is 15.7. The normalized spacial score (nSPS) is 19.7. The molecule has 1 saturated heterocycles. The van der Waals surface area contributed by atoms with E-state index in [1.807, 2.05) is 11.8 Å². The lowest BCUT2D eigenvalue weighted by Crippen LogP contribution is -2.46. The number of carbonyl (C=O) groups excluding carboxylic acids is 1. The Morgan fingerprint density at radius 3 is 2.62 bits per heavy atom. The predicted molar refractivity (Wildman–Crippen MR) is 77.5 cm³/mol. The van der Waals surface area contributed by atoms with Crippen LogP contribution in [0.2, 0.25) is 0 Å². The SMILES string of the molecule is C[C@H]1CN(CC(=O)c2c(N)n(C)c(=O)n(C)c2=O)CCO1. The van der Waals surface area contributed by atoms with Gasteiger partial charge in [-0.15, -0.1) is 0 Å². The molecule has 0 radical (unpaired) electrons. The van der Waals surface area contributed by atoms with Crippen molar-refractivity contribution in [1.29, 1.82) is 0 Å². The van der Waals surface area contributed by atoms with Gasteiger partial charge in [-0.3, -0.25) is 23.6 Å². The highest BCUT2D eigenvalue weighted by Crippen LogP contribution is 2.08. The quantitative estimate of drug-likeness (QED) is 0.687. The molecule has 2 N–H and O–H groups in total. The number of nitrogens with zero attached hydrogens (tertiary/aromatic N) is 3. The monoisotopic (exact) mass is 296 g/mol. The van der Waals surface area contributed by atoms with Crippen LogP contribution >= 0.6 is 0 Å². The van der Waals surface area contributed by atoms with Gasteiger partial charge in [0.25, 0.3) is 5.56 Å². The third kappa shape index (κ3) is 2.91. The van der Waals surface area contributed by atoms with Gasteiger partial charge in [0, 0.05) is 27.2 Å². The van der Waals surface area contributed by atoms with Gasteiger partial charge in [-0.25, -0.2) is 4.79 Å². The van der Waals surface area contributed by atoms with Gasteiger partial charge in [-0.05, 0) is 6.92 Å². The van der Waals surface area contributed by atoms with Crippen molar-refractivity contribution in [3.8, 4) is 0 Å². The van der Waals surface area contributed by atoms with Crippen molar-refractivity contribution in [2.24, 2.45) is 14.1 Å². The van der Waals surface area contributed by atoms with Gasteiger partial charge < -0.3 is 10.5 Å². The first-order chi connectivity index (χ1) is 9.82. The molecule has 1 aliphatic heterocycles. The second-order valence-corrected chi connectivity index (χ2v) is 5.31. The smallest absolute Gasteiger partial charge is 0.332 e. The largest absolute Gasteiger partial charge is 0.384 e. The van der Waals surface area contributed by atoms with Crippen LogP contribution in [0, 0.1) is 0 Å². The van der Waals surface area contributed by atoms with Gasteiger partial charge in [0.15, 0.2) is 5.78 Å². The lowest BCUT2D eigenvalue weighted by atomic mass is 10.1. The van der Waals surface area contributed by atoms with Crippen LogP contribution in [0.4, 0.5) is 5.82 Å². The van der Waals surface area contributed by atoms with Crippen molar-refractivity contribution in [3.63, 3.8) is 0 Å². The number of morpholine rings is 1. The summed E-state index contributed by atoms with van der Waals surface area (Å²) in [6.07, 6.45) is 0.0480. The molecule has 1 atom stereocenters. The summed E-state index contributed by atoms with van der Waals surface area (Å²) in [6, 6.07) is 0. The molecule has 0 bridgehead atoms. The molecule has 0 aromatic carbocycles. The molecule has 0 unspecified atom stereocenters. The Hall–Kier alpha value is -1.93. The summed E-state index contributed by atoms with van der Waals surface area (Å²) in [5.41, 5.74) is 4.45. The van der Waals surface area contributed by atoms with Crippen LogP contribution in [0.25, 0.3) is 0 Å². The summed E-state index contributed by atoms with van der Waals surface area (Å²) in [5.74, 6) is -0.466. The third-order valence-corrected chi connectivity index (χ3v) is 3.68. The molecule has 0 saturated carbocycles. The molecule has 0 amide bonds. The molecule has 1 aromatic heterocycles. The molecule has 0 spiro atoms. The Balaban J connectivity index is 2.32. The van der Waals surface area contributed by atoms with E-state index >= 15 is 0 Å². The Kier molecular flexibility index (Phi) is 4.29. The van der Waals surface area contributed by atoms with Gasteiger partial charge >= 0.3 is 5.69 Å². The van der Waals surface area contributed by atoms with Crippen LogP contribution in [0.15, 0.2) is 9.59 Å². The first-order valence-electron chi connectivity index (χ1n) is 6.75. The minimum Gasteiger partial charge on any atom is -0.384 e. The zero-order valence-corrected chi connectivity index (χ0v) is 12.5. The van der Waals surface area contributed by atoms with E-state index in [1.54, 1.807) is 0 Å². The number of hydrogen-bond donors (Lipinski definition) is 1. The Morgan fingerprint density at radius 1 is 1.33 bits per heavy atom. The molecule has 8 heteroatoms.